The van der Waals surface area contributed by atoms with E-state index < -0.39 is 0 Å². The van der Waals surface area contributed by atoms with Crippen LogP contribution in [0.25, 0.3) is 0 Å². The van der Waals surface area contributed by atoms with Crippen LogP contribution in [0.15, 0.2) is 34.7 Å². The molecule has 102 valence electrons. The third-order valence-corrected chi connectivity index (χ3v) is 3.94. The normalized spacial score (nSPS) is 11.1. The van der Waals surface area contributed by atoms with E-state index in [0.717, 1.165) is 4.88 Å². The van der Waals surface area contributed by atoms with E-state index in [4.69, 9.17) is 0 Å². The van der Waals surface area contributed by atoms with E-state index >= 15 is 0 Å². The number of aryl methyl sites for hydroxylation is 1. The summed E-state index contributed by atoms with van der Waals surface area (Å²) in [4.78, 5) is 24.6. The van der Waals surface area contributed by atoms with Crippen LogP contribution in [0.3, 0.4) is 0 Å². The van der Waals surface area contributed by atoms with Gasteiger partial charge in [-0.1, -0.05) is 6.07 Å². The number of rotatable bonds is 6. The van der Waals surface area contributed by atoms with E-state index in [9.17, 15) is 9.59 Å². The Morgan fingerprint density at radius 3 is 2.74 bits per heavy atom. The summed E-state index contributed by atoms with van der Waals surface area (Å²) in [5.41, 5.74) is -0.00132. The molecule has 5 heteroatoms. The fourth-order valence-corrected chi connectivity index (χ4v) is 2.66. The van der Waals surface area contributed by atoms with Gasteiger partial charge in [-0.3, -0.25) is 13.9 Å². The molecule has 0 spiro atoms. The molecule has 0 aromatic carbocycles. The molecule has 0 unspecified atom stereocenters. The third-order valence-electron chi connectivity index (χ3n) is 3.03. The van der Waals surface area contributed by atoms with Crippen molar-refractivity contribution in [1.29, 1.82) is 0 Å². The third kappa shape index (κ3) is 3.23. The lowest BCUT2D eigenvalue weighted by Gasteiger charge is -2.04. The number of nitrogens with zero attached hydrogens (tertiary/aromatic N) is 2. The number of Topliss-reactive ketones (excluding diaryl/α,β-unsaturated/α-hetero) is 1. The van der Waals surface area contributed by atoms with E-state index in [1.165, 1.54) is 11.3 Å². The number of hydrogen-bond acceptors (Lipinski definition) is 3. The van der Waals surface area contributed by atoms with Crippen molar-refractivity contribution in [3.63, 3.8) is 0 Å². The molecule has 0 saturated heterocycles. The van der Waals surface area contributed by atoms with Crippen LogP contribution in [0.1, 0.15) is 42.4 Å². The Bertz CT molecular complexity index is 593. The Kier molecular flexibility index (Phi) is 4.37. The van der Waals surface area contributed by atoms with E-state index in [0.29, 0.717) is 19.4 Å². The Morgan fingerprint density at radius 2 is 2.16 bits per heavy atom. The van der Waals surface area contributed by atoms with Gasteiger partial charge in [0.2, 0.25) is 0 Å². The summed E-state index contributed by atoms with van der Waals surface area (Å²) in [6.45, 7) is 4.55. The lowest BCUT2D eigenvalue weighted by atomic mass is 10.2. The minimum absolute atomic E-state index is 0.00132. The fraction of sp³-hybridized carbons (Fsp3) is 0.429. The topological polar surface area (TPSA) is 44.0 Å². The monoisotopic (exact) mass is 278 g/mol. The van der Waals surface area contributed by atoms with Crippen LogP contribution < -0.4 is 5.69 Å². The van der Waals surface area contributed by atoms with Gasteiger partial charge in [-0.15, -0.1) is 11.3 Å². The van der Waals surface area contributed by atoms with Crippen molar-refractivity contribution in [2.75, 3.05) is 0 Å². The van der Waals surface area contributed by atoms with Crippen molar-refractivity contribution in [2.45, 2.75) is 39.3 Å². The molecule has 2 heterocycles. The van der Waals surface area contributed by atoms with Crippen molar-refractivity contribution >= 4 is 17.1 Å². The van der Waals surface area contributed by atoms with Gasteiger partial charge >= 0.3 is 5.69 Å². The standard InChI is InChI=1S/C14H18N2O2S/c1-11(2)16-9-8-15(14(16)18)7-3-5-12(17)13-6-4-10-19-13/h4,6,8-11H,3,5,7H2,1-2H3. The minimum Gasteiger partial charge on any atom is -0.299 e. The van der Waals surface area contributed by atoms with Gasteiger partial charge in [-0.05, 0) is 31.7 Å². The Hall–Kier alpha value is -1.62. The Morgan fingerprint density at radius 1 is 1.37 bits per heavy atom. The summed E-state index contributed by atoms with van der Waals surface area (Å²) >= 11 is 1.47. The van der Waals surface area contributed by atoms with Crippen LogP contribution in [-0.2, 0) is 6.54 Å². The molecule has 0 N–H and O–H groups in total. The summed E-state index contributed by atoms with van der Waals surface area (Å²) < 4.78 is 3.36. The number of carbonyl (C=O) groups excluding carboxylic acids is 1. The average molecular weight is 278 g/mol. The smallest absolute Gasteiger partial charge is 0.299 e. The zero-order valence-corrected chi connectivity index (χ0v) is 12.0. The predicted octanol–water partition coefficient (Wildman–Crippen LogP) is 2.96. The summed E-state index contributed by atoms with van der Waals surface area (Å²) in [6.07, 6.45) is 4.77. The quantitative estimate of drug-likeness (QED) is 0.762. The molecule has 0 saturated carbocycles. The number of hydrogen-bond donors (Lipinski definition) is 0. The summed E-state index contributed by atoms with van der Waals surface area (Å²) in [5.74, 6) is 0.159. The van der Waals surface area contributed by atoms with Crippen LogP contribution in [0.5, 0.6) is 0 Å². The first-order valence-electron chi connectivity index (χ1n) is 6.43. The van der Waals surface area contributed by atoms with E-state index in [2.05, 4.69) is 0 Å². The number of imidazole rings is 1. The number of ketones is 1. The van der Waals surface area contributed by atoms with Gasteiger partial charge in [0.05, 0.1) is 4.88 Å². The van der Waals surface area contributed by atoms with E-state index in [-0.39, 0.29) is 17.5 Å². The van der Waals surface area contributed by atoms with Crippen LogP contribution in [0.2, 0.25) is 0 Å². The maximum Gasteiger partial charge on any atom is 0.328 e. The lowest BCUT2D eigenvalue weighted by molar-refractivity contribution is 0.0982. The van der Waals surface area contributed by atoms with Gasteiger partial charge in [-0.2, -0.15) is 0 Å². The number of thiophene rings is 1. The first kappa shape index (κ1) is 13.8. The molecular weight excluding hydrogens is 260 g/mol. The van der Waals surface area contributed by atoms with Gasteiger partial charge in [0.15, 0.2) is 5.78 Å². The molecule has 0 aliphatic heterocycles. The molecule has 2 aromatic heterocycles. The highest BCUT2D eigenvalue weighted by Gasteiger charge is 2.08. The van der Waals surface area contributed by atoms with Crippen LogP contribution in [0, 0.1) is 0 Å². The average Bonchev–Trinajstić information content (AvgIpc) is 2.99. The van der Waals surface area contributed by atoms with Gasteiger partial charge in [0, 0.05) is 31.4 Å². The molecule has 0 amide bonds. The van der Waals surface area contributed by atoms with Gasteiger partial charge in [0.25, 0.3) is 0 Å². The summed E-state index contributed by atoms with van der Waals surface area (Å²) in [5, 5.41) is 1.90. The van der Waals surface area contributed by atoms with Crippen LogP contribution in [-0.4, -0.2) is 14.9 Å². The summed E-state index contributed by atoms with van der Waals surface area (Å²) in [6, 6.07) is 3.89. The molecule has 0 radical (unpaired) electrons. The van der Waals surface area contributed by atoms with Crippen molar-refractivity contribution < 1.29 is 4.79 Å². The van der Waals surface area contributed by atoms with Gasteiger partial charge in [0.1, 0.15) is 0 Å². The van der Waals surface area contributed by atoms with E-state index in [1.807, 2.05) is 31.4 Å². The maximum absolute atomic E-state index is 12.0. The SMILES string of the molecule is CC(C)n1ccn(CCCC(=O)c2cccs2)c1=O. The maximum atomic E-state index is 12.0. The molecular formula is C14H18N2O2S. The lowest BCUT2D eigenvalue weighted by Crippen LogP contribution is -2.25. The second-order valence-electron chi connectivity index (χ2n) is 4.78. The first-order chi connectivity index (χ1) is 9.09. The molecule has 19 heavy (non-hydrogen) atoms. The molecule has 2 rings (SSSR count). The summed E-state index contributed by atoms with van der Waals surface area (Å²) in [7, 11) is 0. The highest BCUT2D eigenvalue weighted by atomic mass is 32.1. The molecule has 2 aromatic rings. The fourth-order valence-electron chi connectivity index (χ4n) is 1.96. The van der Waals surface area contributed by atoms with Crippen LogP contribution in [0.4, 0.5) is 0 Å². The highest BCUT2D eigenvalue weighted by molar-refractivity contribution is 7.12. The van der Waals surface area contributed by atoms with Crippen molar-refractivity contribution in [2.24, 2.45) is 0 Å². The van der Waals surface area contributed by atoms with Gasteiger partial charge < -0.3 is 0 Å². The van der Waals surface area contributed by atoms with Crippen molar-refractivity contribution in [1.82, 2.24) is 9.13 Å². The first-order valence-corrected chi connectivity index (χ1v) is 7.31. The van der Waals surface area contributed by atoms with Crippen LogP contribution >= 0.6 is 11.3 Å². The zero-order chi connectivity index (χ0) is 13.8. The second kappa shape index (κ2) is 6.02. The van der Waals surface area contributed by atoms with Crippen molar-refractivity contribution in [3.05, 3.63) is 45.3 Å². The minimum atomic E-state index is -0.00132. The number of carbonyl (C=O) groups is 1. The second-order valence-corrected chi connectivity index (χ2v) is 5.73. The molecule has 0 fully saturated rings. The van der Waals surface area contributed by atoms with Gasteiger partial charge in [-0.25, -0.2) is 4.79 Å². The molecule has 0 aliphatic rings. The van der Waals surface area contributed by atoms with E-state index in [1.54, 1.807) is 21.5 Å². The molecule has 0 aliphatic carbocycles. The number of aromatic nitrogens is 2. The molecule has 4 nitrogen and oxygen atoms in total. The zero-order valence-electron chi connectivity index (χ0n) is 11.2. The Labute approximate surface area is 116 Å². The predicted molar refractivity (Wildman–Crippen MR) is 77.0 cm³/mol. The molecule has 0 atom stereocenters. The Balaban J connectivity index is 1.90. The largest absolute Gasteiger partial charge is 0.328 e. The molecule has 0 bridgehead atoms. The van der Waals surface area contributed by atoms with Crippen molar-refractivity contribution in [3.8, 4) is 0 Å². The highest BCUT2D eigenvalue weighted by Crippen LogP contribution is 2.12.